The minimum Gasteiger partial charge on any atom is -0.375 e. The van der Waals surface area contributed by atoms with Gasteiger partial charge in [-0.1, -0.05) is 32.6 Å². The van der Waals surface area contributed by atoms with Gasteiger partial charge in [0.25, 0.3) is 0 Å². The molecule has 1 saturated carbocycles. The number of ether oxygens (including phenoxy) is 2. The highest BCUT2D eigenvalue weighted by atomic mass is 16.5. The maximum Gasteiger partial charge on any atom is 0.0988 e. The molecule has 16 heavy (non-hydrogen) atoms. The molecule has 0 amide bonds. The standard InChI is InChI=1S/C13H27NO2/c1-3-5-6-7-8-9-16-12-10-11(14)13(12)15-4-2/h11-13H,3-10,14H2,1-2H3. The fourth-order valence-corrected chi connectivity index (χ4v) is 2.14. The van der Waals surface area contributed by atoms with Crippen LogP contribution in [0.4, 0.5) is 0 Å². The Kier molecular flexibility index (Phi) is 7.01. The highest BCUT2D eigenvalue weighted by Gasteiger charge is 2.40. The molecule has 1 aliphatic carbocycles. The molecule has 3 unspecified atom stereocenters. The van der Waals surface area contributed by atoms with Crippen LogP contribution in [0.15, 0.2) is 0 Å². The van der Waals surface area contributed by atoms with Gasteiger partial charge in [-0.2, -0.15) is 0 Å². The highest BCUT2D eigenvalue weighted by Crippen LogP contribution is 2.25. The van der Waals surface area contributed by atoms with Gasteiger partial charge in [0.2, 0.25) is 0 Å². The molecule has 0 aliphatic heterocycles. The van der Waals surface area contributed by atoms with E-state index in [-0.39, 0.29) is 18.2 Å². The van der Waals surface area contributed by atoms with Crippen LogP contribution in [-0.4, -0.2) is 31.5 Å². The molecular weight excluding hydrogens is 202 g/mol. The summed E-state index contributed by atoms with van der Waals surface area (Å²) in [6, 6.07) is 0.185. The summed E-state index contributed by atoms with van der Waals surface area (Å²) in [5, 5.41) is 0. The van der Waals surface area contributed by atoms with E-state index in [0.717, 1.165) is 19.6 Å². The summed E-state index contributed by atoms with van der Waals surface area (Å²) >= 11 is 0. The second kappa shape index (κ2) is 8.04. The van der Waals surface area contributed by atoms with Crippen LogP contribution in [0.1, 0.15) is 52.4 Å². The van der Waals surface area contributed by atoms with Gasteiger partial charge in [0.1, 0.15) is 0 Å². The second-order valence-electron chi connectivity index (χ2n) is 4.64. The molecular formula is C13H27NO2. The third kappa shape index (κ3) is 4.40. The molecule has 0 aromatic rings. The fourth-order valence-electron chi connectivity index (χ4n) is 2.14. The smallest absolute Gasteiger partial charge is 0.0988 e. The van der Waals surface area contributed by atoms with E-state index in [0.29, 0.717) is 0 Å². The Hall–Kier alpha value is -0.120. The normalized spacial score (nSPS) is 29.1. The Bertz CT molecular complexity index is 175. The van der Waals surface area contributed by atoms with Crippen LogP contribution in [0.3, 0.4) is 0 Å². The van der Waals surface area contributed by atoms with Gasteiger partial charge in [-0.25, -0.2) is 0 Å². The van der Waals surface area contributed by atoms with E-state index in [1.54, 1.807) is 0 Å². The van der Waals surface area contributed by atoms with Gasteiger partial charge in [0, 0.05) is 19.3 Å². The summed E-state index contributed by atoms with van der Waals surface area (Å²) in [6.07, 6.45) is 7.78. The van der Waals surface area contributed by atoms with Crippen molar-refractivity contribution in [2.75, 3.05) is 13.2 Å². The van der Waals surface area contributed by atoms with Gasteiger partial charge < -0.3 is 15.2 Å². The van der Waals surface area contributed by atoms with Crippen molar-refractivity contribution in [1.29, 1.82) is 0 Å². The van der Waals surface area contributed by atoms with Crippen molar-refractivity contribution in [3.8, 4) is 0 Å². The van der Waals surface area contributed by atoms with Crippen LogP contribution in [-0.2, 0) is 9.47 Å². The predicted octanol–water partition coefficient (Wildman–Crippen LogP) is 2.48. The first kappa shape index (κ1) is 13.9. The zero-order valence-corrected chi connectivity index (χ0v) is 10.8. The van der Waals surface area contributed by atoms with E-state index >= 15 is 0 Å². The van der Waals surface area contributed by atoms with Crippen molar-refractivity contribution in [2.45, 2.75) is 70.6 Å². The molecule has 3 nitrogen and oxygen atoms in total. The fraction of sp³-hybridized carbons (Fsp3) is 1.00. The number of hydrogen-bond acceptors (Lipinski definition) is 3. The van der Waals surface area contributed by atoms with E-state index in [1.165, 1.54) is 32.1 Å². The maximum absolute atomic E-state index is 5.86. The lowest BCUT2D eigenvalue weighted by molar-refractivity contribution is -0.137. The quantitative estimate of drug-likeness (QED) is 0.618. The predicted molar refractivity (Wildman–Crippen MR) is 66.5 cm³/mol. The third-order valence-electron chi connectivity index (χ3n) is 3.23. The largest absolute Gasteiger partial charge is 0.375 e. The second-order valence-corrected chi connectivity index (χ2v) is 4.64. The average Bonchev–Trinajstić information content (AvgIpc) is 2.29. The van der Waals surface area contributed by atoms with E-state index in [4.69, 9.17) is 15.2 Å². The van der Waals surface area contributed by atoms with E-state index < -0.39 is 0 Å². The number of hydrogen-bond donors (Lipinski definition) is 1. The summed E-state index contributed by atoms with van der Waals surface area (Å²) < 4.78 is 11.3. The zero-order valence-electron chi connectivity index (χ0n) is 10.8. The van der Waals surface area contributed by atoms with Gasteiger partial charge in [0.15, 0.2) is 0 Å². The summed E-state index contributed by atoms with van der Waals surface area (Å²) in [6.45, 7) is 5.84. The first-order valence-electron chi connectivity index (χ1n) is 6.78. The van der Waals surface area contributed by atoms with E-state index in [1.807, 2.05) is 6.92 Å². The van der Waals surface area contributed by atoms with Crippen molar-refractivity contribution in [3.05, 3.63) is 0 Å². The lowest BCUT2D eigenvalue weighted by atomic mass is 9.86. The molecule has 1 aliphatic rings. The maximum atomic E-state index is 5.86. The van der Waals surface area contributed by atoms with Crippen molar-refractivity contribution < 1.29 is 9.47 Å². The monoisotopic (exact) mass is 229 g/mol. The lowest BCUT2D eigenvalue weighted by Crippen LogP contribution is -2.58. The van der Waals surface area contributed by atoms with Crippen LogP contribution in [0.25, 0.3) is 0 Å². The van der Waals surface area contributed by atoms with Gasteiger partial charge >= 0.3 is 0 Å². The molecule has 1 fully saturated rings. The Morgan fingerprint density at radius 2 is 1.81 bits per heavy atom. The molecule has 0 aromatic carbocycles. The zero-order chi connectivity index (χ0) is 11.8. The van der Waals surface area contributed by atoms with E-state index in [2.05, 4.69) is 6.92 Å². The van der Waals surface area contributed by atoms with Crippen molar-refractivity contribution in [3.63, 3.8) is 0 Å². The van der Waals surface area contributed by atoms with Crippen LogP contribution in [0, 0.1) is 0 Å². The minimum atomic E-state index is 0.139. The van der Waals surface area contributed by atoms with Gasteiger partial charge in [0.05, 0.1) is 12.2 Å². The van der Waals surface area contributed by atoms with Crippen LogP contribution < -0.4 is 5.73 Å². The van der Waals surface area contributed by atoms with Gasteiger partial charge in [-0.05, 0) is 19.8 Å². The molecule has 3 atom stereocenters. The highest BCUT2D eigenvalue weighted by molar-refractivity contribution is 4.95. The summed E-state index contributed by atoms with van der Waals surface area (Å²) in [7, 11) is 0. The van der Waals surface area contributed by atoms with Crippen LogP contribution in [0.2, 0.25) is 0 Å². The first-order valence-corrected chi connectivity index (χ1v) is 6.78. The molecule has 96 valence electrons. The molecule has 0 saturated heterocycles. The molecule has 0 spiro atoms. The summed E-state index contributed by atoms with van der Waals surface area (Å²) in [5.74, 6) is 0. The van der Waals surface area contributed by atoms with Crippen LogP contribution >= 0.6 is 0 Å². The number of unbranched alkanes of at least 4 members (excludes halogenated alkanes) is 4. The Morgan fingerprint density at radius 3 is 2.44 bits per heavy atom. The Morgan fingerprint density at radius 1 is 1.06 bits per heavy atom. The van der Waals surface area contributed by atoms with E-state index in [9.17, 15) is 0 Å². The molecule has 0 aromatic heterocycles. The third-order valence-corrected chi connectivity index (χ3v) is 3.23. The molecule has 0 bridgehead atoms. The lowest BCUT2D eigenvalue weighted by Gasteiger charge is -2.41. The molecule has 3 heteroatoms. The first-order chi connectivity index (χ1) is 7.79. The topological polar surface area (TPSA) is 44.5 Å². The van der Waals surface area contributed by atoms with Gasteiger partial charge in [-0.15, -0.1) is 0 Å². The molecule has 2 N–H and O–H groups in total. The van der Waals surface area contributed by atoms with Crippen molar-refractivity contribution in [2.24, 2.45) is 5.73 Å². The van der Waals surface area contributed by atoms with Crippen molar-refractivity contribution in [1.82, 2.24) is 0 Å². The number of nitrogens with two attached hydrogens (primary N) is 1. The van der Waals surface area contributed by atoms with Gasteiger partial charge in [-0.3, -0.25) is 0 Å². The molecule has 0 radical (unpaired) electrons. The minimum absolute atomic E-state index is 0.139. The summed E-state index contributed by atoms with van der Waals surface area (Å²) in [4.78, 5) is 0. The molecule has 1 rings (SSSR count). The number of rotatable bonds is 9. The van der Waals surface area contributed by atoms with Crippen molar-refractivity contribution >= 4 is 0 Å². The summed E-state index contributed by atoms with van der Waals surface area (Å²) in [5.41, 5.74) is 5.86. The Balaban J connectivity index is 1.96. The molecule has 0 heterocycles. The SMILES string of the molecule is CCCCCCCOC1CC(N)C1OCC. The Labute approximate surface area is 99.7 Å². The average molecular weight is 229 g/mol. The van der Waals surface area contributed by atoms with Crippen LogP contribution in [0.5, 0.6) is 0 Å².